The summed E-state index contributed by atoms with van der Waals surface area (Å²) in [7, 11) is 0. The lowest BCUT2D eigenvalue weighted by Gasteiger charge is -2.08. The van der Waals surface area contributed by atoms with Crippen LogP contribution in [-0.2, 0) is 6.61 Å². The monoisotopic (exact) mass is 280 g/mol. The summed E-state index contributed by atoms with van der Waals surface area (Å²) in [5, 5.41) is 11.6. The molecular formula is C16H12N2O3. The van der Waals surface area contributed by atoms with Crippen molar-refractivity contribution in [2.45, 2.75) is 6.61 Å². The first kappa shape index (κ1) is 13.1. The van der Waals surface area contributed by atoms with Gasteiger partial charge in [0.15, 0.2) is 0 Å². The average Bonchev–Trinajstić information content (AvgIpc) is 2.53. The molecule has 0 fully saturated rings. The van der Waals surface area contributed by atoms with Gasteiger partial charge in [-0.3, -0.25) is 15.1 Å². The molecular weight excluding hydrogens is 268 g/mol. The van der Waals surface area contributed by atoms with Crippen molar-refractivity contribution in [3.8, 4) is 5.75 Å². The molecule has 104 valence electrons. The average molecular weight is 280 g/mol. The van der Waals surface area contributed by atoms with Gasteiger partial charge in [-0.2, -0.15) is 0 Å². The lowest BCUT2D eigenvalue weighted by atomic mass is 10.2. The molecule has 0 saturated carbocycles. The van der Waals surface area contributed by atoms with Gasteiger partial charge >= 0.3 is 0 Å². The molecule has 0 bridgehead atoms. The van der Waals surface area contributed by atoms with Crippen LogP contribution in [0, 0.1) is 10.1 Å². The number of non-ortho nitro benzene ring substituents is 1. The van der Waals surface area contributed by atoms with E-state index in [0.29, 0.717) is 12.4 Å². The molecule has 0 unspecified atom stereocenters. The van der Waals surface area contributed by atoms with Gasteiger partial charge in [0, 0.05) is 23.7 Å². The van der Waals surface area contributed by atoms with E-state index in [2.05, 4.69) is 4.98 Å². The minimum absolute atomic E-state index is 0.0746. The molecule has 3 rings (SSSR count). The molecule has 0 saturated heterocycles. The summed E-state index contributed by atoms with van der Waals surface area (Å²) < 4.78 is 5.77. The minimum Gasteiger partial charge on any atom is -0.487 e. The quantitative estimate of drug-likeness (QED) is 0.539. The van der Waals surface area contributed by atoms with Crippen LogP contribution in [0.3, 0.4) is 0 Å². The standard InChI is InChI=1S/C16H12N2O3/c19-18(20)14-8-6-12(7-9-14)11-21-15-5-1-3-13-4-2-10-17-16(13)15/h1-10H,11H2. The third-order valence-electron chi connectivity index (χ3n) is 3.14. The number of benzene rings is 2. The summed E-state index contributed by atoms with van der Waals surface area (Å²) in [6.45, 7) is 0.341. The maximum absolute atomic E-state index is 10.6. The molecule has 0 aliphatic rings. The molecule has 0 N–H and O–H groups in total. The van der Waals surface area contributed by atoms with Gasteiger partial charge in [-0.05, 0) is 29.8 Å². The van der Waals surface area contributed by atoms with E-state index in [1.165, 1.54) is 12.1 Å². The van der Waals surface area contributed by atoms with Crippen LogP contribution in [0.2, 0.25) is 0 Å². The molecule has 2 aromatic carbocycles. The summed E-state index contributed by atoms with van der Waals surface area (Å²) in [5.41, 5.74) is 1.75. The minimum atomic E-state index is -0.417. The highest BCUT2D eigenvalue weighted by molar-refractivity contribution is 5.84. The highest BCUT2D eigenvalue weighted by Crippen LogP contribution is 2.24. The number of nitrogens with zero attached hydrogens (tertiary/aromatic N) is 2. The highest BCUT2D eigenvalue weighted by atomic mass is 16.6. The van der Waals surface area contributed by atoms with E-state index in [1.807, 2.05) is 30.3 Å². The number of hydrogen-bond acceptors (Lipinski definition) is 4. The molecule has 0 amide bonds. The van der Waals surface area contributed by atoms with Gasteiger partial charge in [-0.15, -0.1) is 0 Å². The van der Waals surface area contributed by atoms with Crippen molar-refractivity contribution in [2.75, 3.05) is 0 Å². The summed E-state index contributed by atoms with van der Waals surface area (Å²) in [4.78, 5) is 14.5. The first-order chi connectivity index (χ1) is 10.2. The SMILES string of the molecule is O=[N+]([O-])c1ccc(COc2cccc3cccnc23)cc1. The maximum atomic E-state index is 10.6. The van der Waals surface area contributed by atoms with Gasteiger partial charge < -0.3 is 4.74 Å². The van der Waals surface area contributed by atoms with E-state index < -0.39 is 4.92 Å². The number of hydrogen-bond donors (Lipinski definition) is 0. The Balaban J connectivity index is 1.79. The maximum Gasteiger partial charge on any atom is 0.269 e. The van der Waals surface area contributed by atoms with Gasteiger partial charge in [0.1, 0.15) is 17.9 Å². The zero-order chi connectivity index (χ0) is 14.7. The normalized spacial score (nSPS) is 10.5. The molecule has 21 heavy (non-hydrogen) atoms. The van der Waals surface area contributed by atoms with Gasteiger partial charge in [0.05, 0.1) is 4.92 Å². The van der Waals surface area contributed by atoms with E-state index in [-0.39, 0.29) is 5.69 Å². The summed E-state index contributed by atoms with van der Waals surface area (Å²) in [6, 6.07) is 15.9. The molecule has 0 radical (unpaired) electrons. The number of aromatic nitrogens is 1. The fourth-order valence-corrected chi connectivity index (χ4v) is 2.07. The second-order valence-electron chi connectivity index (χ2n) is 4.54. The molecule has 0 atom stereocenters. The Hall–Kier alpha value is -2.95. The van der Waals surface area contributed by atoms with E-state index in [9.17, 15) is 10.1 Å². The molecule has 0 aliphatic heterocycles. The van der Waals surface area contributed by atoms with Crippen molar-refractivity contribution < 1.29 is 9.66 Å². The predicted octanol–water partition coefficient (Wildman–Crippen LogP) is 3.72. The largest absolute Gasteiger partial charge is 0.487 e. The van der Waals surface area contributed by atoms with E-state index in [1.54, 1.807) is 18.3 Å². The van der Waals surface area contributed by atoms with E-state index in [0.717, 1.165) is 16.5 Å². The molecule has 5 heteroatoms. The van der Waals surface area contributed by atoms with Crippen LogP contribution >= 0.6 is 0 Å². The van der Waals surface area contributed by atoms with Gasteiger partial charge in [0.2, 0.25) is 0 Å². The van der Waals surface area contributed by atoms with Crippen molar-refractivity contribution in [3.63, 3.8) is 0 Å². The van der Waals surface area contributed by atoms with Crippen LogP contribution in [0.5, 0.6) is 5.75 Å². The number of para-hydroxylation sites is 1. The predicted molar refractivity (Wildman–Crippen MR) is 79.2 cm³/mol. The smallest absolute Gasteiger partial charge is 0.269 e. The Labute approximate surface area is 121 Å². The van der Waals surface area contributed by atoms with Crippen LogP contribution < -0.4 is 4.74 Å². The Morgan fingerprint density at radius 2 is 1.81 bits per heavy atom. The lowest BCUT2D eigenvalue weighted by molar-refractivity contribution is -0.384. The second-order valence-corrected chi connectivity index (χ2v) is 4.54. The summed E-state index contributed by atoms with van der Waals surface area (Å²) in [5.74, 6) is 0.700. The highest BCUT2D eigenvalue weighted by Gasteiger charge is 2.06. The number of pyridine rings is 1. The zero-order valence-electron chi connectivity index (χ0n) is 11.1. The van der Waals surface area contributed by atoms with Crippen molar-refractivity contribution in [1.82, 2.24) is 4.98 Å². The van der Waals surface area contributed by atoms with Crippen LogP contribution in [0.15, 0.2) is 60.8 Å². The van der Waals surface area contributed by atoms with Crippen molar-refractivity contribution in [3.05, 3.63) is 76.5 Å². The first-order valence-electron chi connectivity index (χ1n) is 6.44. The number of nitro benzene ring substituents is 1. The fraction of sp³-hybridized carbons (Fsp3) is 0.0625. The van der Waals surface area contributed by atoms with Crippen LogP contribution in [0.25, 0.3) is 10.9 Å². The van der Waals surface area contributed by atoms with Crippen molar-refractivity contribution in [1.29, 1.82) is 0 Å². The van der Waals surface area contributed by atoms with Crippen LogP contribution in [0.4, 0.5) is 5.69 Å². The molecule has 1 aromatic heterocycles. The Bertz CT molecular complexity index is 780. The Morgan fingerprint density at radius 3 is 2.57 bits per heavy atom. The van der Waals surface area contributed by atoms with Gasteiger partial charge in [0.25, 0.3) is 5.69 Å². The third-order valence-corrected chi connectivity index (χ3v) is 3.14. The van der Waals surface area contributed by atoms with Crippen LogP contribution in [-0.4, -0.2) is 9.91 Å². The van der Waals surface area contributed by atoms with Crippen molar-refractivity contribution >= 4 is 16.6 Å². The second kappa shape index (κ2) is 5.58. The number of fused-ring (bicyclic) bond motifs is 1. The third kappa shape index (κ3) is 2.81. The topological polar surface area (TPSA) is 65.3 Å². The van der Waals surface area contributed by atoms with Crippen LogP contribution in [0.1, 0.15) is 5.56 Å². The van der Waals surface area contributed by atoms with Crippen molar-refractivity contribution in [2.24, 2.45) is 0 Å². The number of nitro groups is 1. The Morgan fingerprint density at radius 1 is 1.05 bits per heavy atom. The Kier molecular flexibility index (Phi) is 3.47. The zero-order valence-corrected chi connectivity index (χ0v) is 11.1. The fourth-order valence-electron chi connectivity index (χ4n) is 2.07. The van der Waals surface area contributed by atoms with E-state index >= 15 is 0 Å². The lowest BCUT2D eigenvalue weighted by Crippen LogP contribution is -1.97. The molecule has 5 nitrogen and oxygen atoms in total. The van der Waals surface area contributed by atoms with Gasteiger partial charge in [-0.1, -0.05) is 18.2 Å². The molecule has 0 aliphatic carbocycles. The van der Waals surface area contributed by atoms with E-state index in [4.69, 9.17) is 4.74 Å². The summed E-state index contributed by atoms with van der Waals surface area (Å²) >= 11 is 0. The number of rotatable bonds is 4. The molecule has 3 aromatic rings. The molecule has 1 heterocycles. The molecule has 0 spiro atoms. The summed E-state index contributed by atoms with van der Waals surface area (Å²) in [6.07, 6.45) is 1.72. The number of ether oxygens (including phenoxy) is 1. The van der Waals surface area contributed by atoms with Gasteiger partial charge in [-0.25, -0.2) is 0 Å². The first-order valence-corrected chi connectivity index (χ1v) is 6.44.